The summed E-state index contributed by atoms with van der Waals surface area (Å²) >= 11 is 1.53. The Hall–Kier alpha value is -0.960. The van der Waals surface area contributed by atoms with Gasteiger partial charge in [-0.3, -0.25) is 4.79 Å². The highest BCUT2D eigenvalue weighted by molar-refractivity contribution is 7.99. The molecule has 1 aromatic rings. The molecule has 0 radical (unpaired) electrons. The molecule has 2 nitrogen and oxygen atoms in total. The van der Waals surface area contributed by atoms with Crippen LogP contribution in [-0.2, 0) is 11.3 Å². The molecular weight excluding hydrogens is 182 g/mol. The third-order valence-corrected chi connectivity index (χ3v) is 2.16. The lowest BCUT2D eigenvalue weighted by Crippen LogP contribution is -2.24. The zero-order chi connectivity index (χ0) is 9.52. The average Bonchev–Trinajstić information content (AvgIpc) is 2.17. The van der Waals surface area contributed by atoms with Gasteiger partial charge in [0.2, 0.25) is 5.91 Å². The molecule has 0 aliphatic rings. The normalized spacial score (nSPS) is 9.62. The van der Waals surface area contributed by atoms with E-state index in [1.54, 1.807) is 0 Å². The van der Waals surface area contributed by atoms with Gasteiger partial charge in [0.15, 0.2) is 0 Å². The van der Waals surface area contributed by atoms with Crippen molar-refractivity contribution in [2.24, 2.45) is 0 Å². The molecule has 0 heterocycles. The number of hydrogen-bond donors (Lipinski definition) is 1. The molecule has 0 aliphatic heterocycles. The summed E-state index contributed by atoms with van der Waals surface area (Å²) in [5.74, 6) is 0.628. The summed E-state index contributed by atoms with van der Waals surface area (Å²) in [6, 6.07) is 9.90. The van der Waals surface area contributed by atoms with E-state index in [0.717, 1.165) is 5.56 Å². The van der Waals surface area contributed by atoms with Crippen LogP contribution >= 0.6 is 11.8 Å². The Morgan fingerprint density at radius 2 is 2.08 bits per heavy atom. The van der Waals surface area contributed by atoms with Crippen LogP contribution in [0.5, 0.6) is 0 Å². The molecule has 70 valence electrons. The fraction of sp³-hybridized carbons (Fsp3) is 0.300. The second-order valence-corrected chi connectivity index (χ2v) is 3.56. The molecule has 1 amide bonds. The molecule has 1 aromatic carbocycles. The summed E-state index contributed by atoms with van der Waals surface area (Å²) in [5.41, 5.74) is 1.14. The quantitative estimate of drug-likeness (QED) is 0.791. The summed E-state index contributed by atoms with van der Waals surface area (Å²) in [4.78, 5) is 11.1. The molecular formula is C10H13NOS. The smallest absolute Gasteiger partial charge is 0.230 e. The van der Waals surface area contributed by atoms with Crippen molar-refractivity contribution in [1.82, 2.24) is 5.32 Å². The second-order valence-electron chi connectivity index (χ2n) is 2.70. The van der Waals surface area contributed by atoms with Crippen molar-refractivity contribution in [3.8, 4) is 0 Å². The summed E-state index contributed by atoms with van der Waals surface area (Å²) < 4.78 is 0. The molecule has 13 heavy (non-hydrogen) atoms. The van der Waals surface area contributed by atoms with Gasteiger partial charge in [0, 0.05) is 6.54 Å². The Balaban J connectivity index is 2.31. The van der Waals surface area contributed by atoms with Gasteiger partial charge in [0.25, 0.3) is 0 Å². The largest absolute Gasteiger partial charge is 0.351 e. The number of nitrogens with one attached hydrogen (secondary N) is 1. The van der Waals surface area contributed by atoms with Gasteiger partial charge in [-0.25, -0.2) is 0 Å². The van der Waals surface area contributed by atoms with Crippen LogP contribution in [0.15, 0.2) is 30.3 Å². The van der Waals surface area contributed by atoms with Crippen LogP contribution < -0.4 is 5.32 Å². The Morgan fingerprint density at radius 3 is 2.69 bits per heavy atom. The second kappa shape index (κ2) is 5.65. The highest BCUT2D eigenvalue weighted by Crippen LogP contribution is 1.97. The van der Waals surface area contributed by atoms with Crippen LogP contribution in [-0.4, -0.2) is 17.9 Å². The number of carbonyl (C=O) groups is 1. The van der Waals surface area contributed by atoms with Crippen LogP contribution in [0.4, 0.5) is 0 Å². The molecule has 1 N–H and O–H groups in total. The maximum Gasteiger partial charge on any atom is 0.230 e. The summed E-state index contributed by atoms with van der Waals surface area (Å²) in [6.07, 6.45) is 1.92. The lowest BCUT2D eigenvalue weighted by atomic mass is 10.2. The molecule has 0 aliphatic carbocycles. The predicted octanol–water partition coefficient (Wildman–Crippen LogP) is 1.67. The zero-order valence-corrected chi connectivity index (χ0v) is 8.43. The maximum absolute atomic E-state index is 11.1. The minimum atomic E-state index is 0.0938. The molecule has 0 bridgehead atoms. The number of thioether (sulfide) groups is 1. The first-order chi connectivity index (χ1) is 6.33. The van der Waals surface area contributed by atoms with Gasteiger partial charge in [-0.15, -0.1) is 0 Å². The van der Waals surface area contributed by atoms with Crippen LogP contribution in [0.25, 0.3) is 0 Å². The van der Waals surface area contributed by atoms with E-state index in [-0.39, 0.29) is 5.91 Å². The van der Waals surface area contributed by atoms with E-state index in [2.05, 4.69) is 5.32 Å². The first kappa shape index (κ1) is 10.1. The average molecular weight is 195 g/mol. The van der Waals surface area contributed by atoms with Crippen molar-refractivity contribution in [1.29, 1.82) is 0 Å². The Morgan fingerprint density at radius 1 is 1.38 bits per heavy atom. The van der Waals surface area contributed by atoms with Crippen molar-refractivity contribution >= 4 is 17.7 Å². The molecule has 0 spiro atoms. The van der Waals surface area contributed by atoms with E-state index >= 15 is 0 Å². The van der Waals surface area contributed by atoms with Crippen molar-refractivity contribution in [2.75, 3.05) is 12.0 Å². The highest BCUT2D eigenvalue weighted by atomic mass is 32.2. The van der Waals surface area contributed by atoms with E-state index < -0.39 is 0 Å². The van der Waals surface area contributed by atoms with E-state index in [1.807, 2.05) is 36.6 Å². The van der Waals surface area contributed by atoms with Crippen LogP contribution in [0.1, 0.15) is 5.56 Å². The number of benzene rings is 1. The summed E-state index contributed by atoms with van der Waals surface area (Å²) in [6.45, 7) is 0.625. The van der Waals surface area contributed by atoms with Crippen molar-refractivity contribution in [3.05, 3.63) is 35.9 Å². The van der Waals surface area contributed by atoms with Gasteiger partial charge in [-0.1, -0.05) is 30.3 Å². The molecule has 0 atom stereocenters. The lowest BCUT2D eigenvalue weighted by molar-refractivity contribution is -0.118. The van der Waals surface area contributed by atoms with Gasteiger partial charge in [-0.05, 0) is 11.8 Å². The predicted molar refractivity (Wildman–Crippen MR) is 56.7 cm³/mol. The SMILES string of the molecule is CSCC(=O)NCc1ccccc1. The zero-order valence-electron chi connectivity index (χ0n) is 7.62. The van der Waals surface area contributed by atoms with Gasteiger partial charge < -0.3 is 5.32 Å². The van der Waals surface area contributed by atoms with E-state index in [4.69, 9.17) is 0 Å². The number of carbonyl (C=O) groups excluding carboxylic acids is 1. The molecule has 1 rings (SSSR count). The maximum atomic E-state index is 11.1. The van der Waals surface area contributed by atoms with Gasteiger partial charge >= 0.3 is 0 Å². The monoisotopic (exact) mass is 195 g/mol. The third kappa shape index (κ3) is 3.99. The number of hydrogen-bond acceptors (Lipinski definition) is 2. The molecule has 0 saturated carbocycles. The molecule has 0 fully saturated rings. The summed E-state index contributed by atoms with van der Waals surface area (Å²) in [7, 11) is 0. The topological polar surface area (TPSA) is 29.1 Å². The lowest BCUT2D eigenvalue weighted by Gasteiger charge is -2.03. The van der Waals surface area contributed by atoms with Gasteiger partial charge in [-0.2, -0.15) is 11.8 Å². The first-order valence-electron chi connectivity index (χ1n) is 4.12. The Bertz CT molecular complexity index is 261. The molecule has 0 aromatic heterocycles. The van der Waals surface area contributed by atoms with E-state index in [0.29, 0.717) is 12.3 Å². The van der Waals surface area contributed by atoms with Gasteiger partial charge in [0.1, 0.15) is 0 Å². The van der Waals surface area contributed by atoms with Crippen LogP contribution in [0.3, 0.4) is 0 Å². The fourth-order valence-corrected chi connectivity index (χ4v) is 1.34. The highest BCUT2D eigenvalue weighted by Gasteiger charge is 1.98. The number of amides is 1. The molecule has 0 saturated heterocycles. The molecule has 3 heteroatoms. The van der Waals surface area contributed by atoms with Crippen molar-refractivity contribution < 1.29 is 4.79 Å². The minimum Gasteiger partial charge on any atom is -0.351 e. The number of rotatable bonds is 4. The fourth-order valence-electron chi connectivity index (χ4n) is 0.979. The van der Waals surface area contributed by atoms with Crippen molar-refractivity contribution in [2.45, 2.75) is 6.54 Å². The minimum absolute atomic E-state index is 0.0938. The molecule has 0 unspecified atom stereocenters. The van der Waals surface area contributed by atoms with Gasteiger partial charge in [0.05, 0.1) is 5.75 Å². The Labute approximate surface area is 82.7 Å². The Kier molecular flexibility index (Phi) is 4.40. The van der Waals surface area contributed by atoms with Crippen LogP contribution in [0.2, 0.25) is 0 Å². The van der Waals surface area contributed by atoms with Crippen LogP contribution in [0, 0.1) is 0 Å². The standard InChI is InChI=1S/C10H13NOS/c1-13-8-10(12)11-7-9-5-3-2-4-6-9/h2-6H,7-8H2,1H3,(H,11,12). The summed E-state index contributed by atoms with van der Waals surface area (Å²) in [5, 5.41) is 2.84. The first-order valence-corrected chi connectivity index (χ1v) is 5.52. The third-order valence-electron chi connectivity index (χ3n) is 1.61. The van der Waals surface area contributed by atoms with E-state index in [9.17, 15) is 4.79 Å². The van der Waals surface area contributed by atoms with E-state index in [1.165, 1.54) is 11.8 Å². The van der Waals surface area contributed by atoms with Crippen molar-refractivity contribution in [3.63, 3.8) is 0 Å².